The fourth-order valence-corrected chi connectivity index (χ4v) is 1.96. The lowest BCUT2D eigenvalue weighted by Gasteiger charge is -2.07. The van der Waals surface area contributed by atoms with Gasteiger partial charge in [0.15, 0.2) is 5.03 Å². The van der Waals surface area contributed by atoms with E-state index in [2.05, 4.69) is 14.9 Å². The van der Waals surface area contributed by atoms with Gasteiger partial charge in [0.2, 0.25) is 0 Å². The molecular weight excluding hydrogens is 230 g/mol. The number of hydrogen-bond donors (Lipinski definition) is 2. The monoisotopic (exact) mass is 247 g/mol. The van der Waals surface area contributed by atoms with Crippen molar-refractivity contribution in [3.8, 4) is 0 Å². The summed E-state index contributed by atoms with van der Waals surface area (Å²) in [4.78, 5) is 0. The summed E-state index contributed by atoms with van der Waals surface area (Å²) >= 11 is 0. The van der Waals surface area contributed by atoms with Crippen LogP contribution in [0.4, 0.5) is 0 Å². The molecular formula is C9H17N3O3S. The molecule has 0 aliphatic heterocycles. The van der Waals surface area contributed by atoms with Gasteiger partial charge in [-0.05, 0) is 12.0 Å². The van der Waals surface area contributed by atoms with E-state index in [-0.39, 0.29) is 11.6 Å². The van der Waals surface area contributed by atoms with Crippen LogP contribution in [0.25, 0.3) is 0 Å². The molecule has 0 bridgehead atoms. The van der Waals surface area contributed by atoms with E-state index in [0.29, 0.717) is 19.1 Å². The van der Waals surface area contributed by atoms with Crippen molar-refractivity contribution in [1.29, 1.82) is 0 Å². The van der Waals surface area contributed by atoms with Gasteiger partial charge in [-0.2, -0.15) is 5.10 Å². The van der Waals surface area contributed by atoms with Crippen LogP contribution in [0.15, 0.2) is 17.3 Å². The smallest absolute Gasteiger partial charge is 0.257 e. The van der Waals surface area contributed by atoms with Crippen molar-refractivity contribution in [2.24, 2.45) is 5.92 Å². The van der Waals surface area contributed by atoms with Crippen LogP contribution >= 0.6 is 0 Å². The van der Waals surface area contributed by atoms with Crippen LogP contribution in [-0.4, -0.2) is 38.4 Å². The van der Waals surface area contributed by atoms with Crippen molar-refractivity contribution in [2.75, 3.05) is 19.8 Å². The average molecular weight is 247 g/mol. The molecule has 1 rings (SSSR count). The van der Waals surface area contributed by atoms with Crippen LogP contribution in [-0.2, 0) is 14.8 Å². The van der Waals surface area contributed by atoms with Crippen LogP contribution in [0.3, 0.4) is 0 Å². The summed E-state index contributed by atoms with van der Waals surface area (Å²) in [5.41, 5.74) is 0. The first-order valence-corrected chi connectivity index (χ1v) is 6.57. The lowest BCUT2D eigenvalue weighted by atomic mass is 10.2. The maximum absolute atomic E-state index is 11.6. The SMILES string of the molecule is CC(C)COCCNS(=O)(=O)c1ccn[nH]1. The van der Waals surface area contributed by atoms with Gasteiger partial charge < -0.3 is 4.74 Å². The van der Waals surface area contributed by atoms with Crippen LogP contribution in [0.1, 0.15) is 13.8 Å². The quantitative estimate of drug-likeness (QED) is 0.681. The van der Waals surface area contributed by atoms with E-state index in [1.54, 1.807) is 0 Å². The Balaban J connectivity index is 2.28. The van der Waals surface area contributed by atoms with Crippen LogP contribution in [0.2, 0.25) is 0 Å². The summed E-state index contributed by atoms with van der Waals surface area (Å²) in [5, 5.41) is 6.04. The van der Waals surface area contributed by atoms with Crippen LogP contribution in [0.5, 0.6) is 0 Å². The number of rotatable bonds is 7. The zero-order chi connectivity index (χ0) is 12.0. The molecule has 0 spiro atoms. The lowest BCUT2D eigenvalue weighted by molar-refractivity contribution is 0.114. The molecule has 2 N–H and O–H groups in total. The average Bonchev–Trinajstić information content (AvgIpc) is 2.69. The largest absolute Gasteiger partial charge is 0.380 e. The van der Waals surface area contributed by atoms with Crippen molar-refractivity contribution < 1.29 is 13.2 Å². The van der Waals surface area contributed by atoms with Crippen molar-refractivity contribution in [3.05, 3.63) is 12.3 Å². The number of nitrogens with zero attached hydrogens (tertiary/aromatic N) is 1. The summed E-state index contributed by atoms with van der Waals surface area (Å²) in [6, 6.07) is 1.40. The highest BCUT2D eigenvalue weighted by molar-refractivity contribution is 7.89. The van der Waals surface area contributed by atoms with Gasteiger partial charge >= 0.3 is 0 Å². The molecule has 1 heterocycles. The fraction of sp³-hybridized carbons (Fsp3) is 0.667. The Bertz CT molecular complexity index is 386. The standard InChI is InChI=1S/C9H17N3O3S/c1-8(2)7-15-6-5-11-16(13,14)9-3-4-10-12-9/h3-4,8,11H,5-7H2,1-2H3,(H,10,12). The third kappa shape index (κ3) is 4.30. The fourth-order valence-electron chi connectivity index (χ4n) is 1.04. The van der Waals surface area contributed by atoms with Crippen molar-refractivity contribution >= 4 is 10.0 Å². The molecule has 6 nitrogen and oxygen atoms in total. The molecule has 0 unspecified atom stereocenters. The molecule has 0 radical (unpaired) electrons. The topological polar surface area (TPSA) is 84.1 Å². The van der Waals surface area contributed by atoms with Gasteiger partial charge in [-0.1, -0.05) is 13.8 Å². The van der Waals surface area contributed by atoms with Crippen LogP contribution in [0, 0.1) is 5.92 Å². The van der Waals surface area contributed by atoms with Gasteiger partial charge in [-0.15, -0.1) is 0 Å². The summed E-state index contributed by atoms with van der Waals surface area (Å²) in [5.74, 6) is 0.448. The number of ether oxygens (including phenoxy) is 1. The first-order chi connectivity index (χ1) is 7.52. The summed E-state index contributed by atoms with van der Waals surface area (Å²) in [6.45, 7) is 5.33. The lowest BCUT2D eigenvalue weighted by Crippen LogP contribution is -2.28. The molecule has 0 amide bonds. The van der Waals surface area contributed by atoms with E-state index >= 15 is 0 Å². The normalized spacial score (nSPS) is 12.2. The van der Waals surface area contributed by atoms with Gasteiger partial charge in [-0.3, -0.25) is 5.10 Å². The minimum Gasteiger partial charge on any atom is -0.380 e. The predicted octanol–water partition coefficient (Wildman–Crippen LogP) is 0.361. The Morgan fingerprint density at radius 2 is 2.31 bits per heavy atom. The van der Waals surface area contributed by atoms with E-state index < -0.39 is 10.0 Å². The number of sulfonamides is 1. The maximum Gasteiger partial charge on any atom is 0.257 e. The van der Waals surface area contributed by atoms with E-state index in [0.717, 1.165) is 0 Å². The number of hydrogen-bond acceptors (Lipinski definition) is 4. The Hall–Kier alpha value is -0.920. The highest BCUT2D eigenvalue weighted by atomic mass is 32.2. The number of aromatic nitrogens is 2. The second-order valence-electron chi connectivity index (χ2n) is 3.79. The zero-order valence-corrected chi connectivity index (χ0v) is 10.3. The van der Waals surface area contributed by atoms with Gasteiger partial charge in [0.1, 0.15) is 0 Å². The van der Waals surface area contributed by atoms with Crippen LogP contribution < -0.4 is 4.72 Å². The third-order valence-electron chi connectivity index (χ3n) is 1.75. The zero-order valence-electron chi connectivity index (χ0n) is 9.43. The van der Waals surface area contributed by atoms with Crippen molar-refractivity contribution in [2.45, 2.75) is 18.9 Å². The highest BCUT2D eigenvalue weighted by Gasteiger charge is 2.13. The summed E-state index contributed by atoms with van der Waals surface area (Å²) < 4.78 is 30.8. The van der Waals surface area contributed by atoms with Gasteiger partial charge in [-0.25, -0.2) is 13.1 Å². The predicted molar refractivity (Wildman–Crippen MR) is 59.4 cm³/mol. The molecule has 7 heteroatoms. The first kappa shape index (κ1) is 13.1. The minimum atomic E-state index is -3.47. The Kier molecular flexibility index (Phi) is 4.91. The van der Waals surface area contributed by atoms with Gasteiger partial charge in [0.05, 0.1) is 12.8 Å². The molecule has 0 atom stereocenters. The number of nitrogens with one attached hydrogen (secondary N) is 2. The molecule has 0 saturated carbocycles. The molecule has 1 aromatic heterocycles. The molecule has 0 saturated heterocycles. The van der Waals surface area contributed by atoms with Gasteiger partial charge in [0.25, 0.3) is 10.0 Å². The van der Waals surface area contributed by atoms with E-state index in [1.165, 1.54) is 12.3 Å². The number of aromatic amines is 1. The summed E-state index contributed by atoms with van der Waals surface area (Å²) in [6.07, 6.45) is 1.39. The Labute approximate surface area is 95.4 Å². The van der Waals surface area contributed by atoms with E-state index in [1.807, 2.05) is 13.8 Å². The number of H-pyrrole nitrogens is 1. The van der Waals surface area contributed by atoms with E-state index in [4.69, 9.17) is 4.74 Å². The van der Waals surface area contributed by atoms with Crippen molar-refractivity contribution in [1.82, 2.24) is 14.9 Å². The Morgan fingerprint density at radius 1 is 1.56 bits per heavy atom. The van der Waals surface area contributed by atoms with E-state index in [9.17, 15) is 8.42 Å². The molecule has 1 aromatic rings. The van der Waals surface area contributed by atoms with Gasteiger partial charge in [0, 0.05) is 13.2 Å². The second-order valence-corrected chi connectivity index (χ2v) is 5.52. The summed E-state index contributed by atoms with van der Waals surface area (Å²) in [7, 11) is -3.47. The van der Waals surface area contributed by atoms with Crippen molar-refractivity contribution in [3.63, 3.8) is 0 Å². The molecule has 16 heavy (non-hydrogen) atoms. The molecule has 0 aromatic carbocycles. The first-order valence-electron chi connectivity index (χ1n) is 5.09. The molecule has 0 fully saturated rings. The third-order valence-corrected chi connectivity index (χ3v) is 3.14. The Morgan fingerprint density at radius 3 is 2.88 bits per heavy atom. The highest BCUT2D eigenvalue weighted by Crippen LogP contribution is 2.01. The molecule has 0 aliphatic rings. The minimum absolute atomic E-state index is 0.0661. The molecule has 92 valence electrons. The maximum atomic E-state index is 11.6. The molecule has 0 aliphatic carbocycles. The second kappa shape index (κ2) is 5.97.